The smallest absolute Gasteiger partial charge is 0.278 e. The van der Waals surface area contributed by atoms with Gasteiger partial charge in [-0.15, -0.1) is 0 Å². The average molecular weight is 495 g/mol. The second-order valence-electron chi connectivity index (χ2n) is 10.2. The zero-order valence-corrected chi connectivity index (χ0v) is 21.1. The average Bonchev–Trinajstić information content (AvgIpc) is 3.32. The highest BCUT2D eigenvalue weighted by Crippen LogP contribution is 2.34. The first-order valence-electron chi connectivity index (χ1n) is 12.4. The summed E-state index contributed by atoms with van der Waals surface area (Å²) in [5, 5.41) is 4.52. The van der Waals surface area contributed by atoms with Gasteiger partial charge in [0.25, 0.3) is 11.1 Å². The molecule has 0 atom stereocenters. The van der Waals surface area contributed by atoms with Crippen molar-refractivity contribution in [3.63, 3.8) is 0 Å². The fourth-order valence-corrected chi connectivity index (χ4v) is 6.08. The molecule has 0 bridgehead atoms. The van der Waals surface area contributed by atoms with E-state index in [2.05, 4.69) is 15.0 Å². The number of alkyl halides is 2. The van der Waals surface area contributed by atoms with Crippen molar-refractivity contribution in [2.45, 2.75) is 70.6 Å². The van der Waals surface area contributed by atoms with E-state index < -0.39 is 12.5 Å². The number of hydrogen-bond acceptors (Lipinski definition) is 6. The third-order valence-corrected chi connectivity index (χ3v) is 8.09. The number of Topliss-reactive ketones (excluding diaryl/α,β-unsaturated/α-hetero) is 1. The molecule has 0 aromatic carbocycles. The second-order valence-corrected chi connectivity index (χ2v) is 11.2. The Hall–Kier alpha value is -1.87. The van der Waals surface area contributed by atoms with Crippen LogP contribution in [0.3, 0.4) is 0 Å². The standard InChI is InChI=1S/C25H36F2N4O2S/c1-25(26,27)17-33-24-29-22-8-11-31(12-9-23(22)34-24)10-7-18-3-5-19(6-4-18)13-21(32)14-20-15-28-30(2)16-20/h15-16,18-19H,3-14,17H2,1-2H3. The number of thiazole rings is 1. The van der Waals surface area contributed by atoms with E-state index in [0.717, 1.165) is 69.4 Å². The second kappa shape index (κ2) is 11.2. The molecule has 0 amide bonds. The van der Waals surface area contributed by atoms with E-state index in [9.17, 15) is 13.6 Å². The summed E-state index contributed by atoms with van der Waals surface area (Å²) in [6.45, 7) is 3.27. The quantitative estimate of drug-likeness (QED) is 0.479. The number of hydrogen-bond donors (Lipinski definition) is 0. The predicted octanol–water partition coefficient (Wildman–Crippen LogP) is 4.71. The first-order chi connectivity index (χ1) is 16.2. The highest BCUT2D eigenvalue weighted by Gasteiger charge is 2.26. The lowest BCUT2D eigenvalue weighted by Gasteiger charge is -2.30. The van der Waals surface area contributed by atoms with Crippen LogP contribution in [0.1, 0.15) is 61.6 Å². The molecule has 1 saturated carbocycles. The van der Waals surface area contributed by atoms with Crippen LogP contribution in [0.2, 0.25) is 0 Å². The van der Waals surface area contributed by atoms with Crippen LogP contribution in [-0.2, 0) is 31.1 Å². The van der Waals surface area contributed by atoms with Crippen LogP contribution in [0, 0.1) is 11.8 Å². The zero-order chi connectivity index (χ0) is 24.1. The molecule has 0 unspecified atom stereocenters. The van der Waals surface area contributed by atoms with Gasteiger partial charge in [0.2, 0.25) is 0 Å². The molecule has 1 aliphatic carbocycles. The van der Waals surface area contributed by atoms with Crippen LogP contribution in [0.15, 0.2) is 12.4 Å². The van der Waals surface area contributed by atoms with Gasteiger partial charge in [0.05, 0.1) is 11.9 Å². The number of carbonyl (C=O) groups excluding carboxylic acids is 1. The molecule has 0 N–H and O–H groups in total. The zero-order valence-electron chi connectivity index (χ0n) is 20.3. The highest BCUT2D eigenvalue weighted by atomic mass is 32.1. The summed E-state index contributed by atoms with van der Waals surface area (Å²) in [7, 11) is 1.88. The van der Waals surface area contributed by atoms with Crippen molar-refractivity contribution in [2.75, 3.05) is 26.2 Å². The van der Waals surface area contributed by atoms with Crippen LogP contribution in [0.25, 0.3) is 0 Å². The summed E-state index contributed by atoms with van der Waals surface area (Å²) in [5.41, 5.74) is 2.02. The molecule has 0 spiro atoms. The molecule has 9 heteroatoms. The molecule has 2 aromatic rings. The van der Waals surface area contributed by atoms with Crippen LogP contribution >= 0.6 is 11.3 Å². The minimum atomic E-state index is -2.84. The molecule has 1 fully saturated rings. The molecule has 34 heavy (non-hydrogen) atoms. The SMILES string of the molecule is Cn1cc(CC(=O)CC2CCC(CCN3CCc4nc(OCC(C)(F)F)sc4CC3)CC2)cn1. The predicted molar refractivity (Wildman–Crippen MR) is 129 cm³/mol. The Labute approximate surface area is 204 Å². The summed E-state index contributed by atoms with van der Waals surface area (Å²) >= 11 is 1.42. The van der Waals surface area contributed by atoms with Gasteiger partial charge in [-0.05, 0) is 49.6 Å². The third kappa shape index (κ3) is 7.57. The van der Waals surface area contributed by atoms with Crippen molar-refractivity contribution in [3.8, 4) is 5.19 Å². The molecule has 3 heterocycles. The Kier molecular flexibility index (Phi) is 8.34. The lowest BCUT2D eigenvalue weighted by atomic mass is 9.78. The molecule has 4 rings (SSSR count). The van der Waals surface area contributed by atoms with Crippen molar-refractivity contribution in [1.82, 2.24) is 19.7 Å². The maximum Gasteiger partial charge on any atom is 0.278 e. The van der Waals surface area contributed by atoms with Gasteiger partial charge in [-0.1, -0.05) is 24.2 Å². The van der Waals surface area contributed by atoms with Crippen molar-refractivity contribution in [2.24, 2.45) is 18.9 Å². The monoisotopic (exact) mass is 494 g/mol. The minimum absolute atomic E-state index is 0.332. The number of rotatable bonds is 10. The number of carbonyl (C=O) groups is 1. The summed E-state index contributed by atoms with van der Waals surface area (Å²) in [4.78, 5) is 20.6. The number of aromatic nitrogens is 3. The Bertz CT molecular complexity index is 922. The number of fused-ring (bicyclic) bond motifs is 1. The van der Waals surface area contributed by atoms with Gasteiger partial charge in [-0.2, -0.15) is 5.10 Å². The van der Waals surface area contributed by atoms with Crippen LogP contribution in [-0.4, -0.2) is 57.6 Å². The van der Waals surface area contributed by atoms with Crippen LogP contribution in [0.5, 0.6) is 5.19 Å². The van der Waals surface area contributed by atoms with Crippen LogP contribution < -0.4 is 4.74 Å². The van der Waals surface area contributed by atoms with E-state index in [0.29, 0.717) is 29.7 Å². The van der Waals surface area contributed by atoms with E-state index in [-0.39, 0.29) is 0 Å². The number of nitrogens with zero attached hydrogens (tertiary/aromatic N) is 4. The first-order valence-corrected chi connectivity index (χ1v) is 13.3. The largest absolute Gasteiger partial charge is 0.464 e. The van der Waals surface area contributed by atoms with E-state index >= 15 is 0 Å². The Balaban J connectivity index is 1.13. The maximum atomic E-state index is 13.0. The summed E-state index contributed by atoms with van der Waals surface area (Å²) in [6, 6.07) is 0. The minimum Gasteiger partial charge on any atom is -0.464 e. The number of ketones is 1. The van der Waals surface area contributed by atoms with Crippen LogP contribution in [0.4, 0.5) is 8.78 Å². The number of ether oxygens (including phenoxy) is 1. The fraction of sp³-hybridized carbons (Fsp3) is 0.720. The highest BCUT2D eigenvalue weighted by molar-refractivity contribution is 7.13. The summed E-state index contributed by atoms with van der Waals surface area (Å²) < 4.78 is 33.0. The lowest BCUT2D eigenvalue weighted by molar-refractivity contribution is -0.119. The van der Waals surface area contributed by atoms with Gasteiger partial charge in [-0.25, -0.2) is 13.8 Å². The summed E-state index contributed by atoms with van der Waals surface area (Å²) in [5.74, 6) is -1.23. The molecule has 0 radical (unpaired) electrons. The molecule has 188 valence electrons. The molecular formula is C25H36F2N4O2S. The van der Waals surface area contributed by atoms with E-state index in [1.54, 1.807) is 10.9 Å². The normalized spacial score (nSPS) is 21.8. The first kappa shape index (κ1) is 25.2. The fourth-order valence-electron chi connectivity index (χ4n) is 5.13. The van der Waals surface area contributed by atoms with Crippen molar-refractivity contribution >= 4 is 17.1 Å². The molecule has 0 saturated heterocycles. The van der Waals surface area contributed by atoms with E-state index in [1.165, 1.54) is 35.5 Å². The molecule has 2 aromatic heterocycles. The van der Waals surface area contributed by atoms with E-state index in [4.69, 9.17) is 4.74 Å². The van der Waals surface area contributed by atoms with Gasteiger partial charge < -0.3 is 9.64 Å². The third-order valence-electron chi connectivity index (χ3n) is 7.02. The maximum absolute atomic E-state index is 13.0. The Morgan fingerprint density at radius 1 is 1.21 bits per heavy atom. The topological polar surface area (TPSA) is 60.2 Å². The van der Waals surface area contributed by atoms with Crippen molar-refractivity contribution in [3.05, 3.63) is 28.5 Å². The lowest BCUT2D eigenvalue weighted by Crippen LogP contribution is -2.30. The van der Waals surface area contributed by atoms with Gasteiger partial charge in [0, 0.05) is 57.4 Å². The van der Waals surface area contributed by atoms with Gasteiger partial charge in [-0.3, -0.25) is 9.48 Å². The van der Waals surface area contributed by atoms with Gasteiger partial charge >= 0.3 is 0 Å². The van der Waals surface area contributed by atoms with Crippen molar-refractivity contribution in [1.29, 1.82) is 0 Å². The Morgan fingerprint density at radius 2 is 1.94 bits per heavy atom. The molecule has 1 aliphatic heterocycles. The molecular weight excluding hydrogens is 458 g/mol. The number of aryl methyl sites for hydroxylation is 1. The van der Waals surface area contributed by atoms with Gasteiger partial charge in [0.1, 0.15) is 5.78 Å². The molecule has 2 aliphatic rings. The van der Waals surface area contributed by atoms with E-state index in [1.807, 2.05) is 13.2 Å². The van der Waals surface area contributed by atoms with Gasteiger partial charge in [0.15, 0.2) is 6.61 Å². The molecule has 6 nitrogen and oxygen atoms in total. The Morgan fingerprint density at radius 3 is 2.65 bits per heavy atom. The van der Waals surface area contributed by atoms with Crippen molar-refractivity contribution < 1.29 is 18.3 Å². The summed E-state index contributed by atoms with van der Waals surface area (Å²) in [6.07, 6.45) is 12.6. The number of halogens is 2.